The molecule has 2 aromatic heterocycles. The maximum absolute atomic E-state index is 12.2. The molecular formula is C20H17N3O. The fraction of sp³-hybridized carbons (Fsp3) is 0.100. The van der Waals surface area contributed by atoms with Crippen LogP contribution in [0.1, 0.15) is 12.0 Å². The van der Waals surface area contributed by atoms with E-state index >= 15 is 0 Å². The Hall–Kier alpha value is -3.14. The predicted molar refractivity (Wildman–Crippen MR) is 97.0 cm³/mol. The molecule has 1 amide bonds. The molecule has 0 aliphatic heterocycles. The lowest BCUT2D eigenvalue weighted by Gasteiger charge is -2.05. The van der Waals surface area contributed by atoms with E-state index in [1.165, 1.54) is 0 Å². The van der Waals surface area contributed by atoms with Gasteiger partial charge >= 0.3 is 0 Å². The Morgan fingerprint density at radius 1 is 0.958 bits per heavy atom. The van der Waals surface area contributed by atoms with Crippen molar-refractivity contribution in [3.05, 3.63) is 72.4 Å². The number of pyridine rings is 1. The van der Waals surface area contributed by atoms with Crippen molar-refractivity contribution >= 4 is 33.5 Å². The third-order valence-electron chi connectivity index (χ3n) is 4.14. The number of hydrogen-bond acceptors (Lipinski definition) is 2. The quantitative estimate of drug-likeness (QED) is 0.590. The highest BCUT2D eigenvalue weighted by molar-refractivity contribution is 6.08. The lowest BCUT2D eigenvalue weighted by molar-refractivity contribution is -0.116. The number of H-pyrrole nitrogens is 1. The number of anilines is 1. The van der Waals surface area contributed by atoms with Crippen LogP contribution >= 0.6 is 0 Å². The summed E-state index contributed by atoms with van der Waals surface area (Å²) in [5.41, 5.74) is 3.20. The smallest absolute Gasteiger partial charge is 0.225 e. The molecule has 4 heteroatoms. The minimum absolute atomic E-state index is 0.0226. The Labute approximate surface area is 139 Å². The fourth-order valence-electron chi connectivity index (χ4n) is 2.93. The van der Waals surface area contributed by atoms with E-state index in [1.54, 1.807) is 6.20 Å². The molecule has 0 saturated carbocycles. The topological polar surface area (TPSA) is 57.8 Å². The Morgan fingerprint density at radius 3 is 2.62 bits per heavy atom. The van der Waals surface area contributed by atoms with Crippen molar-refractivity contribution < 1.29 is 4.79 Å². The minimum Gasteiger partial charge on any atom is -0.353 e. The molecule has 4 nitrogen and oxygen atoms in total. The summed E-state index contributed by atoms with van der Waals surface area (Å²) in [5.74, 6) is 0.566. The van der Waals surface area contributed by atoms with Gasteiger partial charge in [-0.2, -0.15) is 0 Å². The van der Waals surface area contributed by atoms with E-state index < -0.39 is 0 Å². The molecule has 2 N–H and O–H groups in total. The van der Waals surface area contributed by atoms with Crippen molar-refractivity contribution in [3.63, 3.8) is 0 Å². The summed E-state index contributed by atoms with van der Waals surface area (Å²) in [6, 6.07) is 20.0. The molecule has 0 bridgehead atoms. The van der Waals surface area contributed by atoms with Crippen molar-refractivity contribution in [3.8, 4) is 0 Å². The number of aromatic amines is 1. The zero-order valence-corrected chi connectivity index (χ0v) is 13.1. The van der Waals surface area contributed by atoms with Crippen LogP contribution < -0.4 is 5.32 Å². The van der Waals surface area contributed by atoms with Gasteiger partial charge in [0, 0.05) is 22.7 Å². The molecule has 0 saturated heterocycles. The number of rotatable bonds is 4. The van der Waals surface area contributed by atoms with Gasteiger partial charge in [-0.05, 0) is 24.1 Å². The lowest BCUT2D eigenvalue weighted by atomic mass is 10.1. The van der Waals surface area contributed by atoms with Crippen LogP contribution in [-0.4, -0.2) is 15.9 Å². The normalized spacial score (nSPS) is 11.0. The number of carbonyl (C=O) groups excluding carboxylic acids is 1. The van der Waals surface area contributed by atoms with Crippen molar-refractivity contribution in [1.82, 2.24) is 9.97 Å². The molecule has 0 radical (unpaired) electrons. The number of aromatic nitrogens is 2. The summed E-state index contributed by atoms with van der Waals surface area (Å²) in [6.07, 6.45) is 2.93. The molecule has 2 heterocycles. The van der Waals surface area contributed by atoms with Crippen molar-refractivity contribution in [2.24, 2.45) is 0 Å². The van der Waals surface area contributed by atoms with E-state index in [0.29, 0.717) is 12.2 Å². The first-order chi connectivity index (χ1) is 11.8. The van der Waals surface area contributed by atoms with Gasteiger partial charge in [0.15, 0.2) is 0 Å². The Kier molecular flexibility index (Phi) is 3.71. The summed E-state index contributed by atoms with van der Waals surface area (Å²) in [6.45, 7) is 0. The summed E-state index contributed by atoms with van der Waals surface area (Å²) in [7, 11) is 0. The second-order valence-electron chi connectivity index (χ2n) is 5.82. The summed E-state index contributed by atoms with van der Waals surface area (Å²) in [5, 5.41) is 5.10. The SMILES string of the molecule is O=C(CCc1ccccc1)Nc1cc2c(cn1)[nH]c1ccccc12. The molecule has 0 spiro atoms. The summed E-state index contributed by atoms with van der Waals surface area (Å²) >= 11 is 0. The second-order valence-corrected chi connectivity index (χ2v) is 5.82. The Balaban J connectivity index is 1.51. The van der Waals surface area contributed by atoms with Gasteiger partial charge in [-0.15, -0.1) is 0 Å². The monoisotopic (exact) mass is 315 g/mol. The molecule has 0 aliphatic carbocycles. The van der Waals surface area contributed by atoms with Gasteiger partial charge in [-0.3, -0.25) is 4.79 Å². The van der Waals surface area contributed by atoms with E-state index in [4.69, 9.17) is 0 Å². The molecule has 0 fully saturated rings. The number of hydrogen-bond donors (Lipinski definition) is 2. The summed E-state index contributed by atoms with van der Waals surface area (Å²) in [4.78, 5) is 19.8. The molecule has 24 heavy (non-hydrogen) atoms. The standard InChI is InChI=1S/C20H17N3O/c24-20(11-10-14-6-2-1-3-7-14)23-19-12-16-15-8-4-5-9-17(15)22-18(16)13-21-19/h1-9,12-13,22H,10-11H2,(H,21,23,24). The molecule has 0 aliphatic rings. The average molecular weight is 315 g/mol. The Morgan fingerprint density at radius 2 is 1.75 bits per heavy atom. The minimum atomic E-state index is -0.0226. The molecular weight excluding hydrogens is 298 g/mol. The van der Waals surface area contributed by atoms with Crippen LogP contribution in [0, 0.1) is 0 Å². The van der Waals surface area contributed by atoms with Crippen LogP contribution in [0.5, 0.6) is 0 Å². The molecule has 4 rings (SSSR count). The number of para-hydroxylation sites is 1. The number of fused-ring (bicyclic) bond motifs is 3. The van der Waals surface area contributed by atoms with Gasteiger partial charge in [0.25, 0.3) is 0 Å². The number of carbonyl (C=O) groups is 1. The van der Waals surface area contributed by atoms with Gasteiger partial charge in [0.05, 0.1) is 11.7 Å². The maximum atomic E-state index is 12.2. The van der Waals surface area contributed by atoms with Crippen LogP contribution in [0.4, 0.5) is 5.82 Å². The maximum Gasteiger partial charge on any atom is 0.225 e. The largest absolute Gasteiger partial charge is 0.353 e. The lowest BCUT2D eigenvalue weighted by Crippen LogP contribution is -2.13. The first kappa shape index (κ1) is 14.5. The number of amides is 1. The Bertz CT molecular complexity index is 1010. The van der Waals surface area contributed by atoms with Gasteiger partial charge in [-0.1, -0.05) is 48.5 Å². The predicted octanol–water partition coefficient (Wildman–Crippen LogP) is 4.29. The van der Waals surface area contributed by atoms with Gasteiger partial charge < -0.3 is 10.3 Å². The van der Waals surface area contributed by atoms with Crippen LogP contribution in [-0.2, 0) is 11.2 Å². The average Bonchev–Trinajstić information content (AvgIpc) is 2.99. The third-order valence-corrected chi connectivity index (χ3v) is 4.14. The zero-order chi connectivity index (χ0) is 16.4. The van der Waals surface area contributed by atoms with E-state index in [2.05, 4.69) is 21.4 Å². The molecule has 118 valence electrons. The molecule has 0 atom stereocenters. The number of aryl methyl sites for hydroxylation is 1. The van der Waals surface area contributed by atoms with Crippen molar-refractivity contribution in [1.29, 1.82) is 0 Å². The highest BCUT2D eigenvalue weighted by atomic mass is 16.1. The van der Waals surface area contributed by atoms with Gasteiger partial charge in [0.1, 0.15) is 5.82 Å². The highest BCUT2D eigenvalue weighted by Gasteiger charge is 2.08. The fourth-order valence-corrected chi connectivity index (χ4v) is 2.93. The number of nitrogens with zero attached hydrogens (tertiary/aromatic N) is 1. The van der Waals surface area contributed by atoms with Gasteiger partial charge in [0.2, 0.25) is 5.91 Å². The summed E-state index contributed by atoms with van der Waals surface area (Å²) < 4.78 is 0. The van der Waals surface area contributed by atoms with Crippen molar-refractivity contribution in [2.45, 2.75) is 12.8 Å². The molecule has 4 aromatic rings. The number of benzene rings is 2. The first-order valence-corrected chi connectivity index (χ1v) is 8.00. The highest BCUT2D eigenvalue weighted by Crippen LogP contribution is 2.26. The van der Waals surface area contributed by atoms with Crippen LogP contribution in [0.25, 0.3) is 21.8 Å². The van der Waals surface area contributed by atoms with Gasteiger partial charge in [-0.25, -0.2) is 4.98 Å². The van der Waals surface area contributed by atoms with Crippen LogP contribution in [0.2, 0.25) is 0 Å². The van der Waals surface area contributed by atoms with E-state index in [1.807, 2.05) is 54.6 Å². The molecule has 2 aromatic carbocycles. The first-order valence-electron chi connectivity index (χ1n) is 8.00. The van der Waals surface area contributed by atoms with E-state index in [-0.39, 0.29) is 5.91 Å². The zero-order valence-electron chi connectivity index (χ0n) is 13.1. The van der Waals surface area contributed by atoms with E-state index in [9.17, 15) is 4.79 Å². The van der Waals surface area contributed by atoms with Crippen molar-refractivity contribution in [2.75, 3.05) is 5.32 Å². The third kappa shape index (κ3) is 2.86. The number of nitrogens with one attached hydrogen (secondary N) is 2. The van der Waals surface area contributed by atoms with Crippen LogP contribution in [0.15, 0.2) is 66.9 Å². The molecule has 0 unspecified atom stereocenters. The second kappa shape index (κ2) is 6.16. The van der Waals surface area contributed by atoms with E-state index in [0.717, 1.165) is 33.8 Å². The van der Waals surface area contributed by atoms with Crippen LogP contribution in [0.3, 0.4) is 0 Å².